The smallest absolute Gasteiger partial charge is 0.214 e. The Morgan fingerprint density at radius 1 is 0.914 bits per heavy atom. The average Bonchev–Trinajstić information content (AvgIpc) is 3.33. The van der Waals surface area contributed by atoms with Gasteiger partial charge in [0.1, 0.15) is 5.75 Å². The highest BCUT2D eigenvalue weighted by atomic mass is 16.5. The molecule has 0 spiro atoms. The minimum absolute atomic E-state index is 0.118. The van der Waals surface area contributed by atoms with E-state index in [0.717, 1.165) is 22.4 Å². The van der Waals surface area contributed by atoms with Crippen LogP contribution in [0.15, 0.2) is 53.6 Å². The average molecular weight is 477 g/mol. The van der Waals surface area contributed by atoms with E-state index < -0.39 is 6.23 Å². The van der Waals surface area contributed by atoms with E-state index in [-0.39, 0.29) is 11.8 Å². The number of aryl methyl sites for hydroxylation is 1. The molecule has 2 atom stereocenters. The lowest BCUT2D eigenvalue weighted by Gasteiger charge is -2.38. The van der Waals surface area contributed by atoms with Crippen molar-refractivity contribution in [2.45, 2.75) is 25.6 Å². The molecular weight excluding hydrogens is 448 g/mol. The van der Waals surface area contributed by atoms with Gasteiger partial charge in [-0.2, -0.15) is 5.10 Å². The van der Waals surface area contributed by atoms with Gasteiger partial charge < -0.3 is 28.8 Å². The van der Waals surface area contributed by atoms with Crippen LogP contribution in [0.4, 0.5) is 0 Å². The fraction of sp³-hybridized carbons (Fsp3) is 0.296. The molecule has 35 heavy (non-hydrogen) atoms. The Labute approximate surface area is 204 Å². The van der Waals surface area contributed by atoms with Crippen molar-refractivity contribution < 1.29 is 28.8 Å². The van der Waals surface area contributed by atoms with Crippen molar-refractivity contribution in [3.05, 3.63) is 70.8 Å². The van der Waals surface area contributed by atoms with Crippen molar-refractivity contribution in [3.8, 4) is 34.5 Å². The molecule has 3 aromatic rings. The molecule has 0 amide bonds. The number of aromatic hydroxyl groups is 1. The first-order valence-corrected chi connectivity index (χ1v) is 11.3. The van der Waals surface area contributed by atoms with Crippen LogP contribution in [0.1, 0.15) is 40.9 Å². The van der Waals surface area contributed by atoms with Crippen LogP contribution in [0.5, 0.6) is 34.5 Å². The third-order valence-electron chi connectivity index (χ3n) is 6.44. The van der Waals surface area contributed by atoms with Gasteiger partial charge in [0, 0.05) is 23.1 Å². The number of ether oxygens (including phenoxy) is 5. The topological polar surface area (TPSA) is 82.0 Å². The van der Waals surface area contributed by atoms with Crippen molar-refractivity contribution in [3.63, 3.8) is 0 Å². The molecule has 0 aliphatic carbocycles. The number of benzene rings is 3. The van der Waals surface area contributed by atoms with E-state index in [2.05, 4.69) is 0 Å². The van der Waals surface area contributed by atoms with Gasteiger partial charge in [-0.1, -0.05) is 23.8 Å². The van der Waals surface area contributed by atoms with E-state index in [0.29, 0.717) is 40.7 Å². The summed E-state index contributed by atoms with van der Waals surface area (Å²) in [5.74, 6) is 3.05. The number of fused-ring (bicyclic) bond motifs is 3. The third kappa shape index (κ3) is 3.75. The summed E-state index contributed by atoms with van der Waals surface area (Å²) in [5, 5.41) is 17.5. The SMILES string of the molecule is COc1cc([C@@H]2Oc3c(OC)cccc3[C@@H]3CC(c4cc(C)ccc4O)=NN32)cc(OC)c1OC. The number of methoxy groups -OCH3 is 4. The Kier molecular flexibility index (Phi) is 5.80. The minimum atomic E-state index is -0.595. The van der Waals surface area contributed by atoms with Gasteiger partial charge in [0.05, 0.1) is 40.2 Å². The van der Waals surface area contributed by atoms with Gasteiger partial charge in [-0.3, -0.25) is 0 Å². The first-order valence-electron chi connectivity index (χ1n) is 11.3. The zero-order valence-corrected chi connectivity index (χ0v) is 20.4. The summed E-state index contributed by atoms with van der Waals surface area (Å²) in [6.07, 6.45) is 0.00327. The van der Waals surface area contributed by atoms with E-state index in [1.165, 1.54) is 0 Å². The van der Waals surface area contributed by atoms with E-state index in [1.54, 1.807) is 34.5 Å². The second kappa shape index (κ2) is 8.94. The molecule has 2 aliphatic rings. The van der Waals surface area contributed by atoms with Crippen LogP contribution in [0.2, 0.25) is 0 Å². The maximum absolute atomic E-state index is 10.6. The standard InChI is InChI=1S/C27H28N2O6/c1-15-9-10-21(30)18(11-15)19-14-20-17-7-6-8-22(31-2)25(17)35-27(29(20)28-19)16-12-23(32-3)26(34-5)24(13-16)33-4/h6-13,20,27,30H,14H2,1-5H3/t20-,27-/m0/s1. The number of hydrogen-bond acceptors (Lipinski definition) is 8. The van der Waals surface area contributed by atoms with Crippen LogP contribution in [0.25, 0.3) is 0 Å². The van der Waals surface area contributed by atoms with E-state index in [1.807, 2.05) is 54.4 Å². The van der Waals surface area contributed by atoms with Crippen LogP contribution in [0.3, 0.4) is 0 Å². The first kappa shape index (κ1) is 22.7. The molecule has 182 valence electrons. The van der Waals surface area contributed by atoms with Crippen molar-refractivity contribution in [2.75, 3.05) is 28.4 Å². The second-order valence-corrected chi connectivity index (χ2v) is 8.47. The fourth-order valence-corrected chi connectivity index (χ4v) is 4.75. The maximum atomic E-state index is 10.6. The van der Waals surface area contributed by atoms with Gasteiger partial charge in [-0.25, -0.2) is 5.01 Å². The van der Waals surface area contributed by atoms with Gasteiger partial charge in [-0.05, 0) is 37.3 Å². The summed E-state index contributed by atoms with van der Waals surface area (Å²) >= 11 is 0. The van der Waals surface area contributed by atoms with Crippen LogP contribution >= 0.6 is 0 Å². The molecule has 2 heterocycles. The molecule has 8 nitrogen and oxygen atoms in total. The molecule has 8 heteroatoms. The highest BCUT2D eigenvalue weighted by molar-refractivity contribution is 6.04. The number of hydrogen-bond donors (Lipinski definition) is 1. The van der Waals surface area contributed by atoms with Crippen LogP contribution in [0, 0.1) is 6.92 Å². The van der Waals surface area contributed by atoms with Gasteiger partial charge in [0.25, 0.3) is 0 Å². The largest absolute Gasteiger partial charge is 0.507 e. The summed E-state index contributed by atoms with van der Waals surface area (Å²) in [6.45, 7) is 1.99. The second-order valence-electron chi connectivity index (χ2n) is 8.47. The first-order chi connectivity index (χ1) is 17.0. The lowest BCUT2D eigenvalue weighted by molar-refractivity contribution is -0.0211. The Hall–Kier alpha value is -4.07. The highest BCUT2D eigenvalue weighted by Gasteiger charge is 2.43. The normalized spacial score (nSPS) is 18.2. The molecular formula is C27H28N2O6. The van der Waals surface area contributed by atoms with Crippen LogP contribution < -0.4 is 23.7 Å². The Balaban J connectivity index is 1.67. The predicted molar refractivity (Wildman–Crippen MR) is 131 cm³/mol. The molecule has 0 saturated heterocycles. The van der Waals surface area contributed by atoms with E-state index in [4.69, 9.17) is 28.8 Å². The zero-order chi connectivity index (χ0) is 24.7. The number of hydrazone groups is 1. The van der Waals surface area contributed by atoms with Crippen LogP contribution in [-0.4, -0.2) is 44.3 Å². The quantitative estimate of drug-likeness (QED) is 0.537. The van der Waals surface area contributed by atoms with Crippen molar-refractivity contribution in [2.24, 2.45) is 5.10 Å². The summed E-state index contributed by atoms with van der Waals surface area (Å²) in [5.41, 5.74) is 4.30. The van der Waals surface area contributed by atoms with Gasteiger partial charge in [-0.15, -0.1) is 0 Å². The van der Waals surface area contributed by atoms with Crippen molar-refractivity contribution in [1.82, 2.24) is 5.01 Å². The molecule has 0 bridgehead atoms. The van der Waals surface area contributed by atoms with Crippen molar-refractivity contribution >= 4 is 5.71 Å². The summed E-state index contributed by atoms with van der Waals surface area (Å²) in [7, 11) is 6.36. The molecule has 0 fully saturated rings. The zero-order valence-electron chi connectivity index (χ0n) is 20.4. The molecule has 3 aromatic carbocycles. The third-order valence-corrected chi connectivity index (χ3v) is 6.44. The minimum Gasteiger partial charge on any atom is -0.507 e. The van der Waals surface area contributed by atoms with Gasteiger partial charge >= 0.3 is 0 Å². The molecule has 0 saturated carbocycles. The summed E-state index contributed by atoms with van der Waals surface area (Å²) < 4.78 is 28.8. The lowest BCUT2D eigenvalue weighted by Crippen LogP contribution is -2.34. The molecule has 0 aromatic heterocycles. The maximum Gasteiger partial charge on any atom is 0.214 e. The summed E-state index contributed by atoms with van der Waals surface area (Å²) in [4.78, 5) is 0. The number of phenols is 1. The Morgan fingerprint density at radius 2 is 1.63 bits per heavy atom. The molecule has 1 N–H and O–H groups in total. The Bertz CT molecular complexity index is 1280. The number of rotatable bonds is 6. The van der Waals surface area contributed by atoms with Crippen molar-refractivity contribution in [1.29, 1.82) is 0 Å². The monoisotopic (exact) mass is 476 g/mol. The Morgan fingerprint density at radius 3 is 2.29 bits per heavy atom. The predicted octanol–water partition coefficient (Wildman–Crippen LogP) is 4.98. The number of nitrogens with zero attached hydrogens (tertiary/aromatic N) is 2. The summed E-state index contributed by atoms with van der Waals surface area (Å²) in [6, 6.07) is 15.0. The number of phenolic OH excluding ortho intramolecular Hbond substituents is 1. The highest BCUT2D eigenvalue weighted by Crippen LogP contribution is 2.52. The molecule has 5 rings (SSSR count). The van der Waals surface area contributed by atoms with Crippen LogP contribution in [-0.2, 0) is 0 Å². The molecule has 0 radical (unpaired) electrons. The fourth-order valence-electron chi connectivity index (χ4n) is 4.75. The van der Waals surface area contributed by atoms with Gasteiger partial charge in [0.15, 0.2) is 23.0 Å². The molecule has 0 unspecified atom stereocenters. The van der Waals surface area contributed by atoms with E-state index in [9.17, 15) is 5.11 Å². The lowest BCUT2D eigenvalue weighted by atomic mass is 9.94. The number of para-hydroxylation sites is 1. The molecule has 2 aliphatic heterocycles. The van der Waals surface area contributed by atoms with E-state index >= 15 is 0 Å². The van der Waals surface area contributed by atoms with Gasteiger partial charge in [0.2, 0.25) is 12.0 Å².